The van der Waals surface area contributed by atoms with Gasteiger partial charge in [0.15, 0.2) is 0 Å². The SMILES string of the molecule is NC(=O)c1ccc(CSc2n[nH]c(Cc3cccs3)n2)c([N+](=O)[O-])c1. The smallest absolute Gasteiger partial charge is 0.274 e. The van der Waals surface area contributed by atoms with E-state index in [2.05, 4.69) is 15.2 Å². The fourth-order valence-corrected chi connectivity index (χ4v) is 3.67. The fraction of sp³-hybridized carbons (Fsp3) is 0.133. The van der Waals surface area contributed by atoms with Crippen LogP contribution in [0.1, 0.15) is 26.6 Å². The van der Waals surface area contributed by atoms with Crippen LogP contribution in [-0.4, -0.2) is 26.0 Å². The maximum absolute atomic E-state index is 11.2. The first-order chi connectivity index (χ1) is 12.0. The molecule has 0 bridgehead atoms. The quantitative estimate of drug-likeness (QED) is 0.371. The van der Waals surface area contributed by atoms with Crippen LogP contribution >= 0.6 is 23.1 Å². The molecular formula is C15H13N5O3S2. The molecule has 1 aromatic carbocycles. The van der Waals surface area contributed by atoms with Crippen LogP contribution in [-0.2, 0) is 12.2 Å². The zero-order valence-corrected chi connectivity index (χ0v) is 14.5. The van der Waals surface area contributed by atoms with E-state index < -0.39 is 10.8 Å². The van der Waals surface area contributed by atoms with Crippen LogP contribution in [0, 0.1) is 10.1 Å². The number of nitro benzene ring substituents is 1. The van der Waals surface area contributed by atoms with Crippen LogP contribution in [0.4, 0.5) is 5.69 Å². The number of nitrogens with one attached hydrogen (secondary N) is 1. The summed E-state index contributed by atoms with van der Waals surface area (Å²) in [5, 5.41) is 20.7. The molecule has 10 heteroatoms. The Bertz CT molecular complexity index is 908. The largest absolute Gasteiger partial charge is 0.366 e. The minimum atomic E-state index is -0.700. The number of amides is 1. The summed E-state index contributed by atoms with van der Waals surface area (Å²) in [6.07, 6.45) is 0.665. The number of aromatic nitrogens is 3. The van der Waals surface area contributed by atoms with Crippen LogP contribution < -0.4 is 5.73 Å². The average Bonchev–Trinajstić information content (AvgIpc) is 3.25. The highest BCUT2D eigenvalue weighted by molar-refractivity contribution is 7.98. The normalized spacial score (nSPS) is 10.7. The third kappa shape index (κ3) is 4.22. The lowest BCUT2D eigenvalue weighted by Crippen LogP contribution is -2.11. The van der Waals surface area contributed by atoms with Gasteiger partial charge < -0.3 is 5.73 Å². The number of aromatic amines is 1. The molecule has 3 aromatic rings. The zero-order chi connectivity index (χ0) is 17.8. The number of thioether (sulfide) groups is 1. The van der Waals surface area contributed by atoms with E-state index in [0.29, 0.717) is 22.9 Å². The predicted octanol–water partition coefficient (Wildman–Crippen LogP) is 2.76. The van der Waals surface area contributed by atoms with Gasteiger partial charge >= 0.3 is 0 Å². The topological polar surface area (TPSA) is 128 Å². The van der Waals surface area contributed by atoms with Crippen molar-refractivity contribution < 1.29 is 9.72 Å². The van der Waals surface area contributed by atoms with Crippen molar-refractivity contribution in [3.63, 3.8) is 0 Å². The Balaban J connectivity index is 1.70. The minimum Gasteiger partial charge on any atom is -0.366 e. The Morgan fingerprint density at radius 2 is 2.24 bits per heavy atom. The van der Waals surface area contributed by atoms with Crippen LogP contribution in [0.2, 0.25) is 0 Å². The number of nitro groups is 1. The van der Waals surface area contributed by atoms with E-state index in [9.17, 15) is 14.9 Å². The van der Waals surface area contributed by atoms with E-state index in [1.54, 1.807) is 11.3 Å². The van der Waals surface area contributed by atoms with E-state index in [0.717, 1.165) is 5.82 Å². The summed E-state index contributed by atoms with van der Waals surface area (Å²) in [5.74, 6) is 0.351. The van der Waals surface area contributed by atoms with Gasteiger partial charge in [0.1, 0.15) is 5.82 Å². The number of H-pyrrole nitrogens is 1. The van der Waals surface area contributed by atoms with Crippen molar-refractivity contribution >= 4 is 34.7 Å². The van der Waals surface area contributed by atoms with Crippen LogP contribution in [0.15, 0.2) is 40.9 Å². The van der Waals surface area contributed by atoms with E-state index in [4.69, 9.17) is 5.73 Å². The molecule has 3 rings (SSSR count). The van der Waals surface area contributed by atoms with Crippen molar-refractivity contribution in [3.8, 4) is 0 Å². The van der Waals surface area contributed by atoms with Crippen LogP contribution in [0.25, 0.3) is 0 Å². The Morgan fingerprint density at radius 1 is 1.40 bits per heavy atom. The molecule has 128 valence electrons. The second-order valence-electron chi connectivity index (χ2n) is 5.07. The van der Waals surface area contributed by atoms with Gasteiger partial charge in [0.2, 0.25) is 11.1 Å². The second-order valence-corrected chi connectivity index (χ2v) is 7.05. The van der Waals surface area contributed by atoms with E-state index >= 15 is 0 Å². The van der Waals surface area contributed by atoms with Crippen LogP contribution in [0.5, 0.6) is 0 Å². The summed E-state index contributed by atoms with van der Waals surface area (Å²) in [6.45, 7) is 0. The van der Waals surface area contributed by atoms with Gasteiger partial charge in [-0.3, -0.25) is 20.0 Å². The van der Waals surface area contributed by atoms with Gasteiger partial charge in [-0.25, -0.2) is 4.98 Å². The number of carbonyl (C=O) groups is 1. The summed E-state index contributed by atoms with van der Waals surface area (Å²) in [6, 6.07) is 8.19. The molecule has 3 N–H and O–H groups in total. The van der Waals surface area contributed by atoms with Crippen molar-refractivity contribution in [1.29, 1.82) is 0 Å². The Kier molecular flexibility index (Phi) is 5.10. The van der Waals surface area contributed by atoms with Gasteiger partial charge in [0.05, 0.1) is 4.92 Å². The van der Waals surface area contributed by atoms with Crippen molar-refractivity contribution in [3.05, 3.63) is 67.7 Å². The number of carbonyl (C=O) groups excluding carboxylic acids is 1. The molecule has 2 heterocycles. The maximum Gasteiger partial charge on any atom is 0.274 e. The van der Waals surface area contributed by atoms with Gasteiger partial charge in [-0.2, -0.15) is 0 Å². The standard InChI is InChI=1S/C15H13N5O3S2/c16-14(21)9-3-4-10(12(6-9)20(22)23)8-25-15-17-13(18-19-15)7-11-2-1-5-24-11/h1-6H,7-8H2,(H2,16,21)(H,17,18,19). The first-order valence-corrected chi connectivity index (χ1v) is 9.03. The van der Waals surface area contributed by atoms with Crippen molar-refractivity contribution in [2.45, 2.75) is 17.3 Å². The van der Waals surface area contributed by atoms with Gasteiger partial charge in [-0.15, -0.1) is 16.4 Å². The highest BCUT2D eigenvalue weighted by Gasteiger charge is 2.17. The Labute approximate surface area is 150 Å². The molecule has 0 aliphatic heterocycles. The number of hydrogen-bond donors (Lipinski definition) is 2. The number of nitrogens with two attached hydrogens (primary N) is 1. The van der Waals surface area contributed by atoms with Gasteiger partial charge in [-0.05, 0) is 17.5 Å². The summed E-state index contributed by atoms with van der Waals surface area (Å²) in [7, 11) is 0. The fourth-order valence-electron chi connectivity index (χ4n) is 2.15. The third-order valence-electron chi connectivity index (χ3n) is 3.36. The number of thiophene rings is 1. The highest BCUT2D eigenvalue weighted by Crippen LogP contribution is 2.27. The monoisotopic (exact) mass is 375 g/mol. The molecule has 0 radical (unpaired) electrons. The van der Waals surface area contributed by atoms with Crippen molar-refractivity contribution in [1.82, 2.24) is 15.2 Å². The minimum absolute atomic E-state index is 0.108. The number of nitrogens with zero attached hydrogens (tertiary/aromatic N) is 3. The first kappa shape index (κ1) is 17.1. The molecule has 2 aromatic heterocycles. The predicted molar refractivity (Wildman–Crippen MR) is 94.7 cm³/mol. The molecule has 25 heavy (non-hydrogen) atoms. The number of rotatable bonds is 7. The molecule has 0 saturated carbocycles. The van der Waals surface area contributed by atoms with E-state index in [1.165, 1.54) is 34.8 Å². The van der Waals surface area contributed by atoms with E-state index in [1.807, 2.05) is 17.5 Å². The Hall–Kier alpha value is -2.72. The molecule has 0 aliphatic rings. The molecule has 0 aliphatic carbocycles. The summed E-state index contributed by atoms with van der Waals surface area (Å²) < 4.78 is 0. The molecule has 0 fully saturated rings. The Morgan fingerprint density at radius 3 is 2.92 bits per heavy atom. The van der Waals surface area contributed by atoms with Crippen molar-refractivity contribution in [2.24, 2.45) is 5.73 Å². The molecule has 1 amide bonds. The lowest BCUT2D eigenvalue weighted by molar-refractivity contribution is -0.385. The third-order valence-corrected chi connectivity index (χ3v) is 5.13. The van der Waals surface area contributed by atoms with Gasteiger partial charge in [-0.1, -0.05) is 23.9 Å². The maximum atomic E-state index is 11.2. The summed E-state index contributed by atoms with van der Waals surface area (Å²) in [4.78, 5) is 27.4. The second kappa shape index (κ2) is 7.45. The number of primary amides is 1. The molecular weight excluding hydrogens is 362 g/mol. The zero-order valence-electron chi connectivity index (χ0n) is 12.8. The summed E-state index contributed by atoms with van der Waals surface area (Å²) in [5.41, 5.74) is 5.61. The number of hydrogen-bond acceptors (Lipinski definition) is 7. The molecule has 0 saturated heterocycles. The van der Waals surface area contributed by atoms with Crippen molar-refractivity contribution in [2.75, 3.05) is 0 Å². The first-order valence-electron chi connectivity index (χ1n) is 7.16. The lowest BCUT2D eigenvalue weighted by atomic mass is 10.1. The lowest BCUT2D eigenvalue weighted by Gasteiger charge is -2.03. The molecule has 0 atom stereocenters. The number of benzene rings is 1. The van der Waals surface area contributed by atoms with Crippen LogP contribution in [0.3, 0.4) is 0 Å². The molecule has 0 unspecified atom stereocenters. The molecule has 8 nitrogen and oxygen atoms in total. The van der Waals surface area contributed by atoms with Gasteiger partial charge in [0.25, 0.3) is 5.69 Å². The van der Waals surface area contributed by atoms with Gasteiger partial charge in [0, 0.05) is 34.2 Å². The highest BCUT2D eigenvalue weighted by atomic mass is 32.2. The average molecular weight is 375 g/mol. The molecule has 0 spiro atoms. The van der Waals surface area contributed by atoms with E-state index in [-0.39, 0.29) is 11.3 Å². The summed E-state index contributed by atoms with van der Waals surface area (Å²) >= 11 is 2.92.